The molecule has 0 radical (unpaired) electrons. The van der Waals surface area contributed by atoms with Crippen molar-refractivity contribution in [3.63, 3.8) is 0 Å². The van der Waals surface area contributed by atoms with Gasteiger partial charge in [-0.3, -0.25) is 33.8 Å². The molecule has 0 amide bonds. The minimum absolute atomic E-state index is 0.0810. The van der Waals surface area contributed by atoms with Crippen molar-refractivity contribution in [1.82, 2.24) is 9.55 Å². The van der Waals surface area contributed by atoms with Gasteiger partial charge in [0.2, 0.25) is 5.56 Å². The van der Waals surface area contributed by atoms with E-state index in [-0.39, 0.29) is 22.4 Å². The Morgan fingerprint density at radius 1 is 0.739 bits per heavy atom. The van der Waals surface area contributed by atoms with Gasteiger partial charge in [0.1, 0.15) is 42.0 Å². The van der Waals surface area contributed by atoms with E-state index in [2.05, 4.69) is 4.98 Å². The van der Waals surface area contributed by atoms with Crippen molar-refractivity contribution in [3.8, 4) is 0 Å². The van der Waals surface area contributed by atoms with Crippen LogP contribution in [-0.4, -0.2) is 129 Å². The van der Waals surface area contributed by atoms with Gasteiger partial charge in [0.15, 0.2) is 30.0 Å². The highest BCUT2D eigenvalue weighted by Crippen LogP contribution is 2.70. The Labute approximate surface area is 394 Å². The number of ether oxygens (including phenoxy) is 9. The van der Waals surface area contributed by atoms with Gasteiger partial charge in [0.25, 0.3) is 0 Å². The summed E-state index contributed by atoms with van der Waals surface area (Å²) in [5, 5.41) is 13.9. The Hall–Kier alpha value is -7.00. The first kappa shape index (κ1) is 49.9. The van der Waals surface area contributed by atoms with E-state index in [1.807, 2.05) is 0 Å². The van der Waals surface area contributed by atoms with E-state index >= 15 is 0 Å². The Morgan fingerprint density at radius 3 is 1.99 bits per heavy atom. The van der Waals surface area contributed by atoms with Crippen molar-refractivity contribution in [2.75, 3.05) is 13.2 Å². The molecule has 1 spiro atoms. The second kappa shape index (κ2) is 18.5. The Balaban J connectivity index is 1.65. The SMILES string of the molecule is CC(=O)OCC12C(OC(=O)c3ccccc3)C(OC(C)=O)[C@@H]3[C@H](OC(C)=O)[C@@]14OC3(C)COC(=O)c1cccnc1C(C)[C@@H](C)C(=O)O[C@@H](C(OC(=O)c1ccc(=O)n(C)c1)C2OC(C)=O)[C@]4(C)O. The van der Waals surface area contributed by atoms with Crippen molar-refractivity contribution in [3.05, 3.63) is 99.7 Å². The number of aromatic nitrogens is 2. The van der Waals surface area contributed by atoms with E-state index in [1.54, 1.807) is 13.0 Å². The molecular weight excluding hydrogens is 909 g/mol. The number of cyclic esters (lactones) is 1. The molecule has 7 unspecified atom stereocenters. The Morgan fingerprint density at radius 2 is 1.36 bits per heavy atom. The molecule has 21 nitrogen and oxygen atoms in total. The lowest BCUT2D eigenvalue weighted by Gasteiger charge is -2.67. The molecular formula is C48H52N2O19. The van der Waals surface area contributed by atoms with Crippen LogP contribution in [0.2, 0.25) is 0 Å². The lowest BCUT2D eigenvalue weighted by atomic mass is 9.45. The molecule has 7 rings (SSSR count). The Kier molecular flexibility index (Phi) is 13.4. The number of rotatable bonds is 9. The summed E-state index contributed by atoms with van der Waals surface area (Å²) in [5.74, 6) is -12.5. The third-order valence-electron chi connectivity index (χ3n) is 13.6. The fourth-order valence-electron chi connectivity index (χ4n) is 10.5. The van der Waals surface area contributed by atoms with Gasteiger partial charge < -0.3 is 52.3 Å². The number of aryl methyl sites for hydroxylation is 1. The largest absolute Gasteiger partial charge is 0.465 e. The zero-order valence-corrected chi connectivity index (χ0v) is 39.2. The molecule has 4 heterocycles. The number of carbonyl (C=O) groups is 8. The van der Waals surface area contributed by atoms with Gasteiger partial charge in [-0.05, 0) is 44.2 Å². The van der Waals surface area contributed by atoms with E-state index in [9.17, 15) is 48.3 Å². The van der Waals surface area contributed by atoms with Gasteiger partial charge in [0.05, 0.1) is 34.2 Å². The van der Waals surface area contributed by atoms with Crippen molar-refractivity contribution in [2.45, 2.75) is 115 Å². The van der Waals surface area contributed by atoms with Gasteiger partial charge in [0, 0.05) is 59.1 Å². The predicted molar refractivity (Wildman–Crippen MR) is 231 cm³/mol. The van der Waals surface area contributed by atoms with Crippen molar-refractivity contribution in [2.24, 2.45) is 24.3 Å². The molecule has 3 aromatic rings. The van der Waals surface area contributed by atoms with Crippen molar-refractivity contribution in [1.29, 1.82) is 0 Å². The summed E-state index contributed by atoms with van der Waals surface area (Å²) >= 11 is 0. The van der Waals surface area contributed by atoms with Crippen molar-refractivity contribution < 1.29 is 86.1 Å². The maximum atomic E-state index is 14.8. The van der Waals surface area contributed by atoms with Crippen LogP contribution in [0.15, 0.2) is 71.8 Å². The molecule has 13 atom stereocenters. The van der Waals surface area contributed by atoms with Gasteiger partial charge >= 0.3 is 47.8 Å². The number of carbonyl (C=O) groups excluding carboxylic acids is 8. The second-order valence-corrected chi connectivity index (χ2v) is 18.2. The minimum Gasteiger partial charge on any atom is -0.465 e. The number of benzene rings is 1. The molecule has 4 aliphatic rings. The summed E-state index contributed by atoms with van der Waals surface area (Å²) in [6, 6.07) is 12.4. The van der Waals surface area contributed by atoms with Gasteiger partial charge in [-0.15, -0.1) is 0 Å². The van der Waals surface area contributed by atoms with Crippen LogP contribution in [-0.2, 0) is 73.7 Å². The summed E-state index contributed by atoms with van der Waals surface area (Å²) in [7, 11) is 1.35. The van der Waals surface area contributed by atoms with Gasteiger partial charge in [-0.2, -0.15) is 0 Å². The van der Waals surface area contributed by atoms with E-state index in [0.717, 1.165) is 57.5 Å². The zero-order chi connectivity index (χ0) is 50.5. The number of pyridine rings is 2. The van der Waals surface area contributed by atoms with E-state index in [0.29, 0.717) is 0 Å². The van der Waals surface area contributed by atoms with E-state index in [1.165, 1.54) is 63.5 Å². The average molecular weight is 961 g/mol. The average Bonchev–Trinajstić information content (AvgIpc) is 3.51. The molecule has 1 saturated heterocycles. The molecule has 69 heavy (non-hydrogen) atoms. The standard InChI is InChI=1S/C48H52N2O19/c1-23-24(2)41(56)67-38-36(66-43(58)30-17-18-32(55)50(9)20-30)40(65-28(6)54)47(22-61-25(3)51)39(68-42(57)29-14-11-10-12-15-29)35(63-26(4)52)33-37(64-27(5)53)48(47,46(38,8)60)69-45(33,7)21-62-44(59)31-16-13-19-49-34(23)31/h10-20,23-24,33,35-40,60H,21-22H2,1-9H3/t23?,24-,33-,35?,36?,37+,38+,39?,40?,45?,46+,47?,48+/m1/s1. The summed E-state index contributed by atoms with van der Waals surface area (Å²) in [4.78, 5) is 129. The van der Waals surface area contributed by atoms with Crippen LogP contribution in [0.3, 0.4) is 0 Å². The summed E-state index contributed by atoms with van der Waals surface area (Å²) in [6.07, 6.45) is -10.4. The molecule has 4 bridgehead atoms. The van der Waals surface area contributed by atoms with Crippen LogP contribution in [0.4, 0.5) is 0 Å². The highest BCUT2D eigenvalue weighted by Gasteiger charge is 2.92. The van der Waals surface area contributed by atoms with Gasteiger partial charge in [-0.1, -0.05) is 32.0 Å². The zero-order valence-electron chi connectivity index (χ0n) is 39.2. The number of aliphatic hydroxyl groups is 1. The van der Waals surface area contributed by atoms with Crippen LogP contribution in [0.1, 0.15) is 98.1 Å². The molecule has 2 aliphatic carbocycles. The second-order valence-electron chi connectivity index (χ2n) is 18.2. The Bertz CT molecular complexity index is 2650. The number of fused-ring (bicyclic) bond motifs is 5. The summed E-state index contributed by atoms with van der Waals surface area (Å²) in [5.41, 5.74) is -11.7. The summed E-state index contributed by atoms with van der Waals surface area (Å²) in [6.45, 7) is 7.40. The molecule has 21 heteroatoms. The van der Waals surface area contributed by atoms with E-state index < -0.39 is 143 Å². The third kappa shape index (κ3) is 8.40. The molecule has 1 N–H and O–H groups in total. The third-order valence-corrected chi connectivity index (χ3v) is 13.6. The lowest BCUT2D eigenvalue weighted by Crippen LogP contribution is -2.89. The number of esters is 8. The predicted octanol–water partition coefficient (Wildman–Crippen LogP) is 2.32. The topological polar surface area (TPSA) is 275 Å². The fourth-order valence-corrected chi connectivity index (χ4v) is 10.5. The first-order valence-corrected chi connectivity index (χ1v) is 22.0. The monoisotopic (exact) mass is 960 g/mol. The highest BCUT2D eigenvalue weighted by atomic mass is 16.7. The highest BCUT2D eigenvalue weighted by molar-refractivity contribution is 5.92. The number of hydrogen-bond acceptors (Lipinski definition) is 20. The van der Waals surface area contributed by atoms with E-state index in [4.69, 9.17) is 42.6 Å². The smallest absolute Gasteiger partial charge is 0.340 e. The van der Waals surface area contributed by atoms with Crippen molar-refractivity contribution >= 4 is 47.8 Å². The first-order valence-electron chi connectivity index (χ1n) is 22.0. The molecule has 1 aromatic carbocycles. The lowest BCUT2D eigenvalue weighted by molar-refractivity contribution is -0.385. The van der Waals surface area contributed by atoms with Crippen LogP contribution in [0, 0.1) is 17.3 Å². The molecule has 2 aromatic heterocycles. The first-order chi connectivity index (χ1) is 32.4. The quantitative estimate of drug-likeness (QED) is 0.238. The summed E-state index contributed by atoms with van der Waals surface area (Å²) < 4.78 is 57.5. The van der Waals surface area contributed by atoms with Crippen LogP contribution in [0.5, 0.6) is 0 Å². The fraction of sp³-hybridized carbons (Fsp3) is 0.500. The molecule has 2 aliphatic heterocycles. The van der Waals surface area contributed by atoms with Crippen LogP contribution >= 0.6 is 0 Å². The molecule has 368 valence electrons. The molecule has 3 fully saturated rings. The van der Waals surface area contributed by atoms with Gasteiger partial charge in [-0.25, -0.2) is 14.4 Å². The molecule has 2 saturated carbocycles. The normalized spacial score (nSPS) is 33.5. The maximum Gasteiger partial charge on any atom is 0.340 e. The van der Waals surface area contributed by atoms with Crippen LogP contribution < -0.4 is 5.56 Å². The number of nitrogens with zero attached hydrogens (tertiary/aromatic N) is 2. The maximum absolute atomic E-state index is 14.8. The minimum atomic E-state index is -2.98. The number of hydrogen-bond donors (Lipinski definition) is 1. The van der Waals surface area contributed by atoms with Crippen LogP contribution in [0.25, 0.3) is 0 Å².